The molecule has 1 saturated heterocycles. The number of aliphatic hydroxyl groups excluding tert-OH is 1. The van der Waals surface area contributed by atoms with Gasteiger partial charge in [0.05, 0.1) is 0 Å². The van der Waals surface area contributed by atoms with Gasteiger partial charge in [-0.05, 0) is 30.7 Å². The van der Waals surface area contributed by atoms with Gasteiger partial charge in [-0.25, -0.2) is 8.78 Å². The minimum Gasteiger partial charge on any atom is -0.390 e. The summed E-state index contributed by atoms with van der Waals surface area (Å²) >= 11 is 0. The van der Waals surface area contributed by atoms with E-state index < -0.39 is 18.6 Å². The molecule has 2 heterocycles. The zero-order valence-electron chi connectivity index (χ0n) is 15.9. The number of aryl methyl sites for hydroxylation is 1. The summed E-state index contributed by atoms with van der Waals surface area (Å²) in [7, 11) is 0. The number of hydrogen-bond donors (Lipinski definition) is 2. The van der Waals surface area contributed by atoms with Crippen LogP contribution in [0.5, 0.6) is 0 Å². The number of fused-ring (bicyclic) bond motifs is 3. The Labute approximate surface area is 169 Å². The van der Waals surface area contributed by atoms with Crippen LogP contribution in [0.3, 0.4) is 0 Å². The molecule has 0 radical (unpaired) electrons. The molecule has 4 nitrogen and oxygen atoms in total. The van der Waals surface area contributed by atoms with Crippen LogP contribution < -0.4 is 5.32 Å². The van der Waals surface area contributed by atoms with E-state index >= 15 is 0 Å². The molecular formula is C21H26ClF2N3O. The fourth-order valence-electron chi connectivity index (χ4n) is 4.33. The zero-order chi connectivity index (χ0) is 19.0. The molecule has 1 aliphatic heterocycles. The van der Waals surface area contributed by atoms with Crippen LogP contribution in [0.25, 0.3) is 21.8 Å². The number of aromatic nitrogens is 1. The monoisotopic (exact) mass is 409 g/mol. The summed E-state index contributed by atoms with van der Waals surface area (Å²) in [5.74, 6) is -3.20. The van der Waals surface area contributed by atoms with Crippen molar-refractivity contribution < 1.29 is 13.9 Å². The molecule has 0 saturated carbocycles. The molecule has 1 aliphatic rings. The molecule has 0 spiro atoms. The summed E-state index contributed by atoms with van der Waals surface area (Å²) in [6, 6.07) is 12.6. The van der Waals surface area contributed by atoms with Gasteiger partial charge in [-0.15, -0.1) is 12.4 Å². The third-order valence-electron chi connectivity index (χ3n) is 5.56. The molecule has 7 heteroatoms. The van der Waals surface area contributed by atoms with Gasteiger partial charge in [-0.1, -0.05) is 24.3 Å². The van der Waals surface area contributed by atoms with Gasteiger partial charge >= 0.3 is 0 Å². The van der Waals surface area contributed by atoms with Gasteiger partial charge in [0.25, 0.3) is 5.92 Å². The van der Waals surface area contributed by atoms with Gasteiger partial charge in [0.15, 0.2) is 0 Å². The first-order valence-electron chi connectivity index (χ1n) is 9.51. The molecule has 0 aliphatic carbocycles. The standard InChI is InChI=1S/C21H25F2N3O.ClH/c1-2-26-18-6-4-3-5-16(18)17-13-15(7-8-19(17)26)20(21(22,23)14-27)25-11-9-24-10-12-25;/h3-8,13,20,24,27H,2,9-12,14H2,1H3;1H/t20-;/m0./s1. The van der Waals surface area contributed by atoms with Crippen LogP contribution in [0.4, 0.5) is 8.78 Å². The van der Waals surface area contributed by atoms with Crippen molar-refractivity contribution in [1.29, 1.82) is 0 Å². The summed E-state index contributed by atoms with van der Waals surface area (Å²) in [6.07, 6.45) is 0. The molecular weight excluding hydrogens is 384 g/mol. The summed E-state index contributed by atoms with van der Waals surface area (Å²) in [6.45, 7) is 4.17. The second-order valence-corrected chi connectivity index (χ2v) is 7.15. The Balaban J connectivity index is 0.00000225. The van der Waals surface area contributed by atoms with E-state index in [4.69, 9.17) is 0 Å². The van der Waals surface area contributed by atoms with Crippen LogP contribution in [0, 0.1) is 0 Å². The lowest BCUT2D eigenvalue weighted by Crippen LogP contribution is -2.51. The third-order valence-corrected chi connectivity index (χ3v) is 5.56. The van der Waals surface area contributed by atoms with E-state index in [0.717, 1.165) is 28.4 Å². The summed E-state index contributed by atoms with van der Waals surface area (Å²) in [4.78, 5) is 1.78. The molecule has 4 rings (SSSR count). The van der Waals surface area contributed by atoms with Gasteiger partial charge < -0.3 is 15.0 Å². The maximum atomic E-state index is 14.8. The highest BCUT2D eigenvalue weighted by Gasteiger charge is 2.44. The maximum absolute atomic E-state index is 14.8. The highest BCUT2D eigenvalue weighted by Crippen LogP contribution is 2.39. The first-order chi connectivity index (χ1) is 13.1. The Morgan fingerprint density at radius 1 is 1.07 bits per heavy atom. The lowest BCUT2D eigenvalue weighted by atomic mass is 9.96. The fourth-order valence-corrected chi connectivity index (χ4v) is 4.33. The molecule has 3 aromatic rings. The van der Waals surface area contributed by atoms with Gasteiger partial charge in [-0.2, -0.15) is 0 Å². The van der Waals surface area contributed by atoms with Gasteiger partial charge in [0.2, 0.25) is 0 Å². The van der Waals surface area contributed by atoms with Crippen molar-refractivity contribution >= 4 is 34.2 Å². The highest BCUT2D eigenvalue weighted by atomic mass is 35.5. The SMILES string of the molecule is CCn1c2ccccc2c2cc([C@H](N3CCNCC3)C(F)(F)CO)ccc21.Cl. The number of halogens is 3. The minimum absolute atomic E-state index is 0. The van der Waals surface area contributed by atoms with Crippen molar-refractivity contribution in [3.05, 3.63) is 48.0 Å². The Hall–Kier alpha value is -1.73. The number of nitrogens with one attached hydrogen (secondary N) is 1. The Morgan fingerprint density at radius 3 is 2.43 bits per heavy atom. The minimum atomic E-state index is -3.20. The molecule has 2 N–H and O–H groups in total. The number of para-hydroxylation sites is 1. The summed E-state index contributed by atoms with van der Waals surface area (Å²) in [5.41, 5.74) is 2.72. The predicted octanol–water partition coefficient (Wildman–Crippen LogP) is 3.81. The average molecular weight is 410 g/mol. The normalized spacial score (nSPS) is 17.0. The molecule has 28 heavy (non-hydrogen) atoms. The van der Waals surface area contributed by atoms with Crippen LogP contribution in [0.1, 0.15) is 18.5 Å². The van der Waals surface area contributed by atoms with Crippen molar-refractivity contribution in [2.24, 2.45) is 0 Å². The maximum Gasteiger partial charge on any atom is 0.289 e. The van der Waals surface area contributed by atoms with E-state index in [2.05, 4.69) is 22.9 Å². The second kappa shape index (κ2) is 8.33. The smallest absolute Gasteiger partial charge is 0.289 e. The topological polar surface area (TPSA) is 40.4 Å². The van der Waals surface area contributed by atoms with Crippen molar-refractivity contribution in [3.63, 3.8) is 0 Å². The van der Waals surface area contributed by atoms with Crippen LogP contribution >= 0.6 is 12.4 Å². The third kappa shape index (κ3) is 3.50. The molecule has 2 aromatic carbocycles. The zero-order valence-corrected chi connectivity index (χ0v) is 16.7. The molecule has 1 fully saturated rings. The van der Waals surface area contributed by atoms with Crippen molar-refractivity contribution in [2.45, 2.75) is 25.4 Å². The van der Waals surface area contributed by atoms with E-state index in [0.29, 0.717) is 31.7 Å². The second-order valence-electron chi connectivity index (χ2n) is 7.15. The molecule has 0 bridgehead atoms. The van der Waals surface area contributed by atoms with Crippen LogP contribution in [-0.4, -0.2) is 53.3 Å². The largest absolute Gasteiger partial charge is 0.390 e. The highest BCUT2D eigenvalue weighted by molar-refractivity contribution is 6.08. The summed E-state index contributed by atoms with van der Waals surface area (Å²) < 4.78 is 31.7. The van der Waals surface area contributed by atoms with E-state index in [1.54, 1.807) is 11.0 Å². The Morgan fingerprint density at radius 2 is 1.75 bits per heavy atom. The molecule has 1 atom stereocenters. The van der Waals surface area contributed by atoms with E-state index in [1.807, 2.05) is 30.3 Å². The van der Waals surface area contributed by atoms with Gasteiger partial charge in [-0.3, -0.25) is 4.90 Å². The van der Waals surface area contributed by atoms with Crippen LogP contribution in [-0.2, 0) is 6.54 Å². The number of hydrogen-bond acceptors (Lipinski definition) is 3. The Bertz CT molecular complexity index is 953. The van der Waals surface area contributed by atoms with Crippen molar-refractivity contribution in [2.75, 3.05) is 32.8 Å². The number of alkyl halides is 2. The lowest BCUT2D eigenvalue weighted by molar-refractivity contribution is -0.118. The van der Waals surface area contributed by atoms with Crippen molar-refractivity contribution in [1.82, 2.24) is 14.8 Å². The average Bonchev–Trinajstić information content (AvgIpc) is 3.02. The molecule has 152 valence electrons. The fraction of sp³-hybridized carbons (Fsp3) is 0.429. The molecule has 0 unspecified atom stereocenters. The molecule has 1 aromatic heterocycles. The number of piperazine rings is 1. The summed E-state index contributed by atoms with van der Waals surface area (Å²) in [5, 5.41) is 14.6. The van der Waals surface area contributed by atoms with Crippen LogP contribution in [0.15, 0.2) is 42.5 Å². The quantitative estimate of drug-likeness (QED) is 0.673. The number of rotatable bonds is 5. The first-order valence-corrected chi connectivity index (χ1v) is 9.51. The number of benzene rings is 2. The van der Waals surface area contributed by atoms with Crippen molar-refractivity contribution in [3.8, 4) is 0 Å². The first kappa shape index (κ1) is 21.0. The van der Waals surface area contributed by atoms with Crippen LogP contribution in [0.2, 0.25) is 0 Å². The van der Waals surface area contributed by atoms with E-state index in [-0.39, 0.29) is 12.4 Å². The molecule has 0 amide bonds. The Kier molecular flexibility index (Phi) is 6.25. The van der Waals surface area contributed by atoms with E-state index in [9.17, 15) is 13.9 Å². The van der Waals surface area contributed by atoms with E-state index in [1.165, 1.54) is 0 Å². The van der Waals surface area contributed by atoms with Gasteiger partial charge in [0, 0.05) is 54.5 Å². The number of aliphatic hydroxyl groups is 1. The number of nitrogens with zero attached hydrogens (tertiary/aromatic N) is 2. The van der Waals surface area contributed by atoms with Gasteiger partial charge in [0.1, 0.15) is 12.6 Å². The lowest BCUT2D eigenvalue weighted by Gasteiger charge is -2.38. The predicted molar refractivity (Wildman–Crippen MR) is 112 cm³/mol.